The van der Waals surface area contributed by atoms with Crippen LogP contribution < -0.4 is 0 Å². The summed E-state index contributed by atoms with van der Waals surface area (Å²) in [6, 6.07) is 2.20. The molecule has 0 aromatic rings. The van der Waals surface area contributed by atoms with E-state index in [4.69, 9.17) is 9.73 Å². The summed E-state index contributed by atoms with van der Waals surface area (Å²) in [6.45, 7) is 11.2. The van der Waals surface area contributed by atoms with Crippen molar-refractivity contribution >= 4 is 6.02 Å². The van der Waals surface area contributed by atoms with Gasteiger partial charge in [-0.05, 0) is 46.5 Å². The summed E-state index contributed by atoms with van der Waals surface area (Å²) in [5.41, 5.74) is 0. The highest BCUT2D eigenvalue weighted by Crippen LogP contribution is 2.33. The predicted molar refractivity (Wildman–Crippen MR) is 89.7 cm³/mol. The van der Waals surface area contributed by atoms with Crippen LogP contribution in [0.4, 0.5) is 0 Å². The molecule has 3 atom stereocenters. The van der Waals surface area contributed by atoms with E-state index in [9.17, 15) is 0 Å². The summed E-state index contributed by atoms with van der Waals surface area (Å²) in [7, 11) is 0. The molecule has 0 aromatic carbocycles. The van der Waals surface area contributed by atoms with Crippen LogP contribution in [-0.4, -0.2) is 35.2 Å². The van der Waals surface area contributed by atoms with Crippen molar-refractivity contribution in [1.29, 1.82) is 0 Å². The van der Waals surface area contributed by atoms with Crippen LogP contribution in [0.25, 0.3) is 0 Å². The maximum atomic E-state index is 6.33. The Morgan fingerprint density at radius 3 is 2.33 bits per heavy atom. The number of amidine groups is 1. The van der Waals surface area contributed by atoms with Crippen molar-refractivity contribution in [3.8, 4) is 0 Å². The molecule has 1 aliphatic carbocycles. The Hall–Kier alpha value is -0.730. The molecule has 3 heteroatoms. The van der Waals surface area contributed by atoms with Crippen LogP contribution in [0.1, 0.15) is 79.6 Å². The molecule has 1 aliphatic heterocycles. The molecule has 1 heterocycles. The minimum absolute atomic E-state index is 0.300. The molecule has 0 bridgehead atoms. The molecule has 3 nitrogen and oxygen atoms in total. The smallest absolute Gasteiger partial charge is 0.288 e. The zero-order chi connectivity index (χ0) is 15.4. The summed E-state index contributed by atoms with van der Waals surface area (Å²) >= 11 is 0. The Bertz CT molecular complexity index is 351. The lowest BCUT2D eigenvalue weighted by atomic mass is 9.89. The lowest BCUT2D eigenvalue weighted by Crippen LogP contribution is -2.42. The second-order valence-electron chi connectivity index (χ2n) is 7.56. The molecule has 0 N–H and O–H groups in total. The maximum Gasteiger partial charge on any atom is 0.288 e. The van der Waals surface area contributed by atoms with E-state index < -0.39 is 0 Å². The van der Waals surface area contributed by atoms with E-state index in [0.29, 0.717) is 24.2 Å². The number of aliphatic imine (C=N–C) groups is 1. The van der Waals surface area contributed by atoms with Gasteiger partial charge in [0, 0.05) is 12.1 Å². The van der Waals surface area contributed by atoms with E-state index >= 15 is 0 Å². The standard InChI is InChI=1S/C18H34N2O/c1-13(2)19-18-20(14(3)4)16-11-9-7-6-8-10-15(5)12-17(16)21-18/h13-17H,6-12H2,1-5H3/b19-18-. The Balaban J connectivity index is 2.20. The SMILES string of the molecule is CC1CCCCCCC2C(C1)O/C(=N\C(C)C)N2C(C)C. The van der Waals surface area contributed by atoms with Gasteiger partial charge in [-0.15, -0.1) is 0 Å². The van der Waals surface area contributed by atoms with E-state index in [-0.39, 0.29) is 0 Å². The highest BCUT2D eigenvalue weighted by Gasteiger charge is 2.41. The zero-order valence-electron chi connectivity index (χ0n) is 14.6. The van der Waals surface area contributed by atoms with Gasteiger partial charge in [0.25, 0.3) is 6.02 Å². The van der Waals surface area contributed by atoms with E-state index in [1.807, 2.05) is 0 Å². The minimum atomic E-state index is 0.300. The molecule has 21 heavy (non-hydrogen) atoms. The molecule has 0 aromatic heterocycles. The first-order chi connectivity index (χ1) is 9.99. The van der Waals surface area contributed by atoms with E-state index in [2.05, 4.69) is 39.5 Å². The molecule has 2 rings (SSSR count). The van der Waals surface area contributed by atoms with Crippen LogP contribution in [0.2, 0.25) is 0 Å². The van der Waals surface area contributed by atoms with Crippen molar-refractivity contribution in [1.82, 2.24) is 4.90 Å². The van der Waals surface area contributed by atoms with Crippen LogP contribution in [-0.2, 0) is 4.74 Å². The quantitative estimate of drug-likeness (QED) is 0.743. The van der Waals surface area contributed by atoms with Gasteiger partial charge in [-0.3, -0.25) is 0 Å². The topological polar surface area (TPSA) is 24.8 Å². The highest BCUT2D eigenvalue weighted by molar-refractivity contribution is 5.77. The van der Waals surface area contributed by atoms with Crippen molar-refractivity contribution in [2.24, 2.45) is 10.9 Å². The molecule has 2 fully saturated rings. The monoisotopic (exact) mass is 294 g/mol. The number of ether oxygens (including phenoxy) is 1. The van der Waals surface area contributed by atoms with Gasteiger partial charge in [-0.2, -0.15) is 0 Å². The molecular weight excluding hydrogens is 260 g/mol. The second-order valence-corrected chi connectivity index (χ2v) is 7.56. The first-order valence-electron chi connectivity index (χ1n) is 9.01. The van der Waals surface area contributed by atoms with Gasteiger partial charge >= 0.3 is 0 Å². The van der Waals surface area contributed by atoms with Gasteiger partial charge in [-0.25, -0.2) is 4.99 Å². The molecule has 0 spiro atoms. The van der Waals surface area contributed by atoms with Crippen LogP contribution in [0, 0.1) is 5.92 Å². The summed E-state index contributed by atoms with van der Waals surface area (Å²) in [5.74, 6) is 0.767. The molecule has 0 amide bonds. The van der Waals surface area contributed by atoms with Crippen LogP contribution in [0.15, 0.2) is 4.99 Å². The fraction of sp³-hybridized carbons (Fsp3) is 0.944. The van der Waals surface area contributed by atoms with Crippen molar-refractivity contribution in [3.63, 3.8) is 0 Å². The second kappa shape index (κ2) is 7.51. The van der Waals surface area contributed by atoms with Gasteiger partial charge < -0.3 is 9.64 Å². The largest absolute Gasteiger partial charge is 0.460 e. The Kier molecular flexibility index (Phi) is 5.95. The summed E-state index contributed by atoms with van der Waals surface area (Å²) in [4.78, 5) is 7.21. The third kappa shape index (κ3) is 4.37. The fourth-order valence-corrected chi connectivity index (χ4v) is 3.76. The van der Waals surface area contributed by atoms with Crippen molar-refractivity contribution in [2.45, 2.75) is 104 Å². The van der Waals surface area contributed by atoms with Gasteiger partial charge in [0.15, 0.2) is 0 Å². The average molecular weight is 294 g/mol. The van der Waals surface area contributed by atoms with E-state index in [1.165, 1.54) is 44.9 Å². The minimum Gasteiger partial charge on any atom is -0.460 e. The number of fused-ring (bicyclic) bond motifs is 1. The Morgan fingerprint density at radius 1 is 1.05 bits per heavy atom. The zero-order valence-corrected chi connectivity index (χ0v) is 14.6. The number of hydrogen-bond donors (Lipinski definition) is 0. The highest BCUT2D eigenvalue weighted by atomic mass is 16.5. The molecule has 122 valence electrons. The Morgan fingerprint density at radius 2 is 1.71 bits per heavy atom. The fourth-order valence-electron chi connectivity index (χ4n) is 3.76. The van der Waals surface area contributed by atoms with Gasteiger partial charge in [0.2, 0.25) is 0 Å². The van der Waals surface area contributed by atoms with Crippen molar-refractivity contribution in [2.75, 3.05) is 0 Å². The number of nitrogens with zero attached hydrogens (tertiary/aromatic N) is 2. The lowest BCUT2D eigenvalue weighted by Gasteiger charge is -2.30. The third-order valence-corrected chi connectivity index (χ3v) is 4.77. The predicted octanol–water partition coefficient (Wildman–Crippen LogP) is 4.61. The van der Waals surface area contributed by atoms with E-state index in [1.54, 1.807) is 0 Å². The average Bonchev–Trinajstić information content (AvgIpc) is 2.70. The maximum absolute atomic E-state index is 6.33. The Labute approximate surface area is 131 Å². The normalized spacial score (nSPS) is 33.4. The molecule has 0 radical (unpaired) electrons. The van der Waals surface area contributed by atoms with Crippen molar-refractivity contribution < 1.29 is 4.74 Å². The summed E-state index contributed by atoms with van der Waals surface area (Å²) in [6.07, 6.45) is 9.63. The summed E-state index contributed by atoms with van der Waals surface area (Å²) < 4.78 is 6.33. The molecule has 1 saturated heterocycles. The van der Waals surface area contributed by atoms with Gasteiger partial charge in [0.1, 0.15) is 6.10 Å². The lowest BCUT2D eigenvalue weighted by molar-refractivity contribution is 0.138. The van der Waals surface area contributed by atoms with Crippen molar-refractivity contribution in [3.05, 3.63) is 0 Å². The van der Waals surface area contributed by atoms with Crippen LogP contribution >= 0.6 is 0 Å². The molecule has 2 aliphatic rings. The first-order valence-corrected chi connectivity index (χ1v) is 9.01. The third-order valence-electron chi connectivity index (χ3n) is 4.77. The summed E-state index contributed by atoms with van der Waals surface area (Å²) in [5, 5.41) is 0. The van der Waals surface area contributed by atoms with Gasteiger partial charge in [0.05, 0.1) is 6.04 Å². The van der Waals surface area contributed by atoms with E-state index in [0.717, 1.165) is 11.9 Å². The number of hydrogen-bond acceptors (Lipinski definition) is 2. The first kappa shape index (κ1) is 16.6. The van der Waals surface area contributed by atoms with Crippen LogP contribution in [0.3, 0.4) is 0 Å². The van der Waals surface area contributed by atoms with Gasteiger partial charge in [-0.1, -0.05) is 39.0 Å². The molecule has 1 saturated carbocycles. The van der Waals surface area contributed by atoms with Crippen LogP contribution in [0.5, 0.6) is 0 Å². The number of rotatable bonds is 2. The molecule has 3 unspecified atom stereocenters. The molecular formula is C18H34N2O.